The zero-order valence-electron chi connectivity index (χ0n) is 36.7. The second kappa shape index (κ2) is 30.2. The first-order valence-corrected chi connectivity index (χ1v) is 21.0. The number of esters is 5. The summed E-state index contributed by atoms with van der Waals surface area (Å²) in [7, 11) is 6.55. The third kappa shape index (κ3) is 21.5. The largest absolute Gasteiger partial charge is 0.469 e. The van der Waals surface area contributed by atoms with Crippen molar-refractivity contribution in [3.63, 3.8) is 0 Å². The lowest BCUT2D eigenvalue weighted by Crippen LogP contribution is -2.48. The molecule has 21 nitrogen and oxygen atoms in total. The van der Waals surface area contributed by atoms with Crippen LogP contribution < -0.4 is 16.0 Å². The predicted molar refractivity (Wildman–Crippen MR) is 221 cm³/mol. The van der Waals surface area contributed by atoms with Gasteiger partial charge < -0.3 is 59.2 Å². The Morgan fingerprint density at radius 2 is 0.918 bits per heavy atom. The van der Waals surface area contributed by atoms with Gasteiger partial charge in [0, 0.05) is 117 Å². The normalized spacial score (nSPS) is 15.7. The molecular weight excluding hydrogens is 800 g/mol. The van der Waals surface area contributed by atoms with Gasteiger partial charge in [-0.3, -0.25) is 43.3 Å². The van der Waals surface area contributed by atoms with Crippen LogP contribution in [0.1, 0.15) is 64.2 Å². The molecule has 2 rings (SSSR count). The van der Waals surface area contributed by atoms with Crippen LogP contribution in [0.15, 0.2) is 4.99 Å². The van der Waals surface area contributed by atoms with Gasteiger partial charge in [0.2, 0.25) is 17.7 Å². The van der Waals surface area contributed by atoms with E-state index in [1.54, 1.807) is 0 Å². The molecule has 2 aliphatic heterocycles. The molecule has 1 saturated heterocycles. The van der Waals surface area contributed by atoms with E-state index in [1.165, 1.54) is 35.5 Å². The third-order valence-corrected chi connectivity index (χ3v) is 10.6. The molecule has 2 atom stereocenters. The summed E-state index contributed by atoms with van der Waals surface area (Å²) in [6.45, 7) is 5.20. The Morgan fingerprint density at radius 3 is 1.33 bits per heavy atom. The van der Waals surface area contributed by atoms with Crippen molar-refractivity contribution in [2.24, 2.45) is 10.9 Å². The van der Waals surface area contributed by atoms with E-state index in [4.69, 9.17) is 23.7 Å². The Hall–Kier alpha value is -4.89. The number of methoxy groups -OCH3 is 5. The maximum absolute atomic E-state index is 13.5. The highest BCUT2D eigenvalue weighted by Gasteiger charge is 2.42. The summed E-state index contributed by atoms with van der Waals surface area (Å²) in [4.78, 5) is 111. The number of carbonyl (C=O) groups excluding carboxylic acids is 8. The summed E-state index contributed by atoms with van der Waals surface area (Å²) < 4.78 is 23.7. The quantitative estimate of drug-likeness (QED) is 0.0543. The van der Waals surface area contributed by atoms with Crippen LogP contribution in [0.4, 0.5) is 0 Å². The molecular formula is C40H68N8O13. The number of fused-ring (bicyclic) bond motifs is 1. The first-order chi connectivity index (χ1) is 29.3. The maximum Gasteiger partial charge on any atom is 0.306 e. The molecule has 2 aliphatic rings. The van der Waals surface area contributed by atoms with Crippen LogP contribution >= 0.6 is 0 Å². The molecule has 0 aromatic rings. The molecule has 61 heavy (non-hydrogen) atoms. The number of nitrogens with zero attached hydrogens (tertiary/aromatic N) is 5. The van der Waals surface area contributed by atoms with Crippen molar-refractivity contribution < 1.29 is 62.0 Å². The van der Waals surface area contributed by atoms with Gasteiger partial charge in [-0.05, 0) is 19.3 Å². The fourth-order valence-corrected chi connectivity index (χ4v) is 6.98. The molecule has 0 aromatic carbocycles. The second-order valence-corrected chi connectivity index (χ2v) is 14.7. The van der Waals surface area contributed by atoms with E-state index in [-0.39, 0.29) is 94.2 Å². The minimum atomic E-state index is -0.425. The molecule has 0 aliphatic carbocycles. The molecule has 0 bridgehead atoms. The van der Waals surface area contributed by atoms with Crippen molar-refractivity contribution in [2.45, 2.75) is 70.3 Å². The summed E-state index contributed by atoms with van der Waals surface area (Å²) in [5.74, 6) is -1.66. The zero-order valence-corrected chi connectivity index (χ0v) is 36.7. The minimum Gasteiger partial charge on any atom is -0.469 e. The highest BCUT2D eigenvalue weighted by molar-refractivity contribution is 5.95. The summed E-state index contributed by atoms with van der Waals surface area (Å²) in [5.41, 5.74) is 0. The number of hydrogen-bond acceptors (Lipinski definition) is 18. The fourth-order valence-electron chi connectivity index (χ4n) is 6.98. The van der Waals surface area contributed by atoms with Crippen LogP contribution in [0.2, 0.25) is 0 Å². The summed E-state index contributed by atoms with van der Waals surface area (Å²) in [6.07, 6.45) is 2.85. The lowest BCUT2D eigenvalue weighted by Gasteiger charge is -2.29. The molecule has 346 valence electrons. The SMILES string of the molecule is COC(=O)CCC1CC(C(=O)NCCN(CCC(=O)NCCN(CCC(=O)OC)CCC(=O)OC)CCC(=O)NCCN(CCC(=O)OC)CCC(=O)OC)N2CCCN=C12. The summed E-state index contributed by atoms with van der Waals surface area (Å²) >= 11 is 0. The van der Waals surface area contributed by atoms with Gasteiger partial charge in [-0.2, -0.15) is 0 Å². The number of ether oxygens (including phenoxy) is 5. The van der Waals surface area contributed by atoms with E-state index in [0.717, 1.165) is 12.3 Å². The molecule has 0 spiro atoms. The number of hydrogen-bond donors (Lipinski definition) is 3. The Balaban J connectivity index is 2.00. The monoisotopic (exact) mass is 868 g/mol. The smallest absolute Gasteiger partial charge is 0.306 e. The van der Waals surface area contributed by atoms with Crippen LogP contribution in [0.5, 0.6) is 0 Å². The standard InChI is InChI=1S/C40H68N8O13/c1-57-34(51)8-7-30-29-31(48-19-6-15-43-39(30)48)40(56)44-18-28-45(20-9-32(49)41-16-26-46(22-11-35(52)58-2)23-12-36(53)59-3)21-10-33(50)42-17-27-47(24-13-37(54)60-4)25-14-38(55)61-5/h30-31H,6-29H2,1-5H3,(H,41,49)(H,42,50)(H,44,56). The highest BCUT2D eigenvalue weighted by Crippen LogP contribution is 2.31. The van der Waals surface area contributed by atoms with E-state index < -0.39 is 29.9 Å². The van der Waals surface area contributed by atoms with E-state index >= 15 is 0 Å². The van der Waals surface area contributed by atoms with Crippen LogP contribution in [-0.4, -0.2) is 206 Å². The van der Waals surface area contributed by atoms with E-state index in [2.05, 4.69) is 20.9 Å². The van der Waals surface area contributed by atoms with E-state index in [9.17, 15) is 38.4 Å². The molecule has 21 heteroatoms. The first-order valence-electron chi connectivity index (χ1n) is 21.0. The van der Waals surface area contributed by atoms with Crippen molar-refractivity contribution in [2.75, 3.05) is 127 Å². The average Bonchev–Trinajstić information content (AvgIpc) is 3.65. The van der Waals surface area contributed by atoms with E-state index in [1.807, 2.05) is 19.6 Å². The number of amides is 3. The van der Waals surface area contributed by atoms with Gasteiger partial charge in [0.1, 0.15) is 11.9 Å². The van der Waals surface area contributed by atoms with Gasteiger partial charge >= 0.3 is 29.8 Å². The van der Waals surface area contributed by atoms with Crippen LogP contribution in [0, 0.1) is 5.92 Å². The molecule has 0 radical (unpaired) electrons. The second-order valence-electron chi connectivity index (χ2n) is 14.7. The molecule has 2 heterocycles. The van der Waals surface area contributed by atoms with Crippen LogP contribution in [-0.2, 0) is 62.0 Å². The van der Waals surface area contributed by atoms with Crippen molar-refractivity contribution in [3.05, 3.63) is 0 Å². The lowest BCUT2D eigenvalue weighted by molar-refractivity contribution is -0.142. The van der Waals surface area contributed by atoms with Crippen molar-refractivity contribution in [3.8, 4) is 0 Å². The van der Waals surface area contributed by atoms with Gasteiger partial charge in [0.25, 0.3) is 0 Å². The third-order valence-electron chi connectivity index (χ3n) is 10.6. The van der Waals surface area contributed by atoms with Crippen molar-refractivity contribution in [1.82, 2.24) is 35.6 Å². The van der Waals surface area contributed by atoms with Crippen LogP contribution in [0.25, 0.3) is 0 Å². The van der Waals surface area contributed by atoms with E-state index in [0.29, 0.717) is 84.8 Å². The molecule has 2 unspecified atom stereocenters. The summed E-state index contributed by atoms with van der Waals surface area (Å²) in [6, 6.07) is -0.425. The number of aliphatic imine (C=N–C) groups is 1. The van der Waals surface area contributed by atoms with Gasteiger partial charge in [0.05, 0.1) is 61.2 Å². The Kier molecular flexibility index (Phi) is 25.9. The first kappa shape index (κ1) is 52.2. The Bertz CT molecular complexity index is 1360. The Morgan fingerprint density at radius 1 is 0.541 bits per heavy atom. The topological polar surface area (TPSA) is 244 Å². The highest BCUT2D eigenvalue weighted by atomic mass is 16.5. The number of rotatable bonds is 31. The molecule has 1 fully saturated rings. The molecule has 0 aromatic heterocycles. The Labute approximate surface area is 358 Å². The van der Waals surface area contributed by atoms with Gasteiger partial charge in [-0.25, -0.2) is 0 Å². The number of nitrogens with one attached hydrogen (secondary N) is 3. The lowest BCUT2D eigenvalue weighted by atomic mass is 9.98. The zero-order chi connectivity index (χ0) is 45.0. The number of amidine groups is 1. The van der Waals surface area contributed by atoms with Gasteiger partial charge in [0.15, 0.2) is 0 Å². The minimum absolute atomic E-state index is 0.0239. The van der Waals surface area contributed by atoms with Crippen molar-refractivity contribution in [1.29, 1.82) is 0 Å². The van der Waals surface area contributed by atoms with Gasteiger partial charge in [-0.15, -0.1) is 0 Å². The van der Waals surface area contributed by atoms with Gasteiger partial charge in [-0.1, -0.05) is 0 Å². The van der Waals surface area contributed by atoms with Crippen molar-refractivity contribution >= 4 is 53.4 Å². The maximum atomic E-state index is 13.5. The average molecular weight is 869 g/mol. The molecule has 3 amide bonds. The number of carbonyl (C=O) groups is 8. The summed E-state index contributed by atoms with van der Waals surface area (Å²) in [5, 5.41) is 8.80. The molecule has 0 saturated carbocycles. The van der Waals surface area contributed by atoms with Crippen LogP contribution in [0.3, 0.4) is 0 Å². The molecule has 3 N–H and O–H groups in total. The predicted octanol–water partition coefficient (Wildman–Crippen LogP) is -1.28. The fraction of sp³-hybridized carbons (Fsp3) is 0.775.